The second-order valence-corrected chi connectivity index (χ2v) is 3.79. The molecule has 1 saturated heterocycles. The monoisotopic (exact) mass is 203 g/mol. The summed E-state index contributed by atoms with van der Waals surface area (Å²) in [4.78, 5) is 0. The third kappa shape index (κ3) is 3.50. The maximum Gasteiger partial charge on any atom is 0.0717 e. The van der Waals surface area contributed by atoms with Crippen molar-refractivity contribution in [2.24, 2.45) is 0 Å². The summed E-state index contributed by atoms with van der Waals surface area (Å²) in [6, 6.07) is 10.3. The number of benzene rings is 1. The molecule has 1 aliphatic heterocycles. The number of hydrogen-bond acceptors (Lipinski definition) is 2. The van der Waals surface area contributed by atoms with Crippen LogP contribution >= 0.6 is 0 Å². The van der Waals surface area contributed by atoms with Gasteiger partial charge in [0.25, 0.3) is 0 Å². The van der Waals surface area contributed by atoms with Crippen LogP contribution in [0.2, 0.25) is 0 Å². The molecule has 80 valence electrons. The van der Waals surface area contributed by atoms with Gasteiger partial charge >= 0.3 is 0 Å². The van der Waals surface area contributed by atoms with Crippen molar-refractivity contribution in [3.05, 3.63) is 47.5 Å². The fourth-order valence-corrected chi connectivity index (χ4v) is 1.52. The van der Waals surface area contributed by atoms with Gasteiger partial charge < -0.3 is 10.1 Å². The van der Waals surface area contributed by atoms with Crippen LogP contribution in [0.4, 0.5) is 0 Å². The fraction of sp³-hybridized carbons (Fsp3) is 0.385. The maximum absolute atomic E-state index is 5.57. The Hall–Kier alpha value is -1.12. The van der Waals surface area contributed by atoms with Crippen LogP contribution in [0.3, 0.4) is 0 Å². The van der Waals surface area contributed by atoms with Gasteiger partial charge in [0.1, 0.15) is 0 Å². The van der Waals surface area contributed by atoms with Crippen LogP contribution in [0.15, 0.2) is 42.0 Å². The molecule has 0 unspecified atom stereocenters. The standard InChI is InChI=1S/C13H17NO/c1-2-5-12(6-3-1)11-15-8-4-7-13-9-14-10-13/h1-3,5-7,14H,4,8-11H2. The molecule has 0 bridgehead atoms. The number of hydrogen-bond donors (Lipinski definition) is 1. The molecule has 2 rings (SSSR count). The lowest BCUT2D eigenvalue weighted by Gasteiger charge is -2.18. The maximum atomic E-state index is 5.57. The first-order valence-corrected chi connectivity index (χ1v) is 5.45. The zero-order valence-corrected chi connectivity index (χ0v) is 8.91. The van der Waals surface area contributed by atoms with E-state index in [0.29, 0.717) is 0 Å². The first-order chi connectivity index (χ1) is 7.45. The highest BCUT2D eigenvalue weighted by Crippen LogP contribution is 2.04. The third-order valence-electron chi connectivity index (χ3n) is 2.51. The second kappa shape index (κ2) is 5.69. The Labute approximate surface area is 91.0 Å². The Kier molecular flexibility index (Phi) is 3.94. The molecule has 2 heteroatoms. The molecule has 1 heterocycles. The van der Waals surface area contributed by atoms with Crippen LogP contribution in [0.25, 0.3) is 0 Å². The summed E-state index contributed by atoms with van der Waals surface area (Å²) in [5.41, 5.74) is 2.76. The largest absolute Gasteiger partial charge is 0.376 e. The van der Waals surface area contributed by atoms with E-state index < -0.39 is 0 Å². The predicted molar refractivity (Wildman–Crippen MR) is 61.7 cm³/mol. The van der Waals surface area contributed by atoms with E-state index in [-0.39, 0.29) is 0 Å². The van der Waals surface area contributed by atoms with E-state index in [2.05, 4.69) is 23.5 Å². The molecular formula is C13H17NO. The zero-order chi connectivity index (χ0) is 10.3. The minimum absolute atomic E-state index is 0.724. The van der Waals surface area contributed by atoms with Crippen LogP contribution in [-0.2, 0) is 11.3 Å². The molecular weight excluding hydrogens is 186 g/mol. The van der Waals surface area contributed by atoms with Crippen molar-refractivity contribution in [1.29, 1.82) is 0 Å². The minimum atomic E-state index is 0.724. The Morgan fingerprint density at radius 3 is 2.67 bits per heavy atom. The van der Waals surface area contributed by atoms with Crippen LogP contribution in [0, 0.1) is 0 Å². The topological polar surface area (TPSA) is 21.3 Å². The summed E-state index contributed by atoms with van der Waals surface area (Å²) >= 11 is 0. The second-order valence-electron chi connectivity index (χ2n) is 3.79. The van der Waals surface area contributed by atoms with Gasteiger partial charge in [-0.25, -0.2) is 0 Å². The molecule has 1 fully saturated rings. The fourth-order valence-electron chi connectivity index (χ4n) is 1.52. The molecule has 1 aliphatic rings. The van der Waals surface area contributed by atoms with E-state index in [9.17, 15) is 0 Å². The summed E-state index contributed by atoms with van der Waals surface area (Å²) in [6.45, 7) is 3.68. The van der Waals surface area contributed by atoms with Gasteiger partial charge in [-0.3, -0.25) is 0 Å². The molecule has 1 aromatic rings. The van der Waals surface area contributed by atoms with Gasteiger partial charge in [0.15, 0.2) is 0 Å². The summed E-state index contributed by atoms with van der Waals surface area (Å²) in [5.74, 6) is 0. The summed E-state index contributed by atoms with van der Waals surface area (Å²) in [5, 5.41) is 3.22. The highest BCUT2D eigenvalue weighted by Gasteiger charge is 2.04. The first kappa shape index (κ1) is 10.4. The van der Waals surface area contributed by atoms with Crippen molar-refractivity contribution in [2.45, 2.75) is 13.0 Å². The lowest BCUT2D eigenvalue weighted by Crippen LogP contribution is -2.33. The number of nitrogens with one attached hydrogen (secondary N) is 1. The highest BCUT2D eigenvalue weighted by atomic mass is 16.5. The van der Waals surface area contributed by atoms with Gasteiger partial charge in [0, 0.05) is 13.1 Å². The number of rotatable bonds is 5. The Morgan fingerprint density at radius 1 is 1.20 bits per heavy atom. The van der Waals surface area contributed by atoms with Crippen molar-refractivity contribution < 1.29 is 4.74 Å². The molecule has 0 aliphatic carbocycles. The zero-order valence-electron chi connectivity index (χ0n) is 8.91. The lowest BCUT2D eigenvalue weighted by atomic mass is 10.1. The SMILES string of the molecule is C(CCOCc1ccccc1)=C1CNC1. The summed E-state index contributed by atoms with van der Waals surface area (Å²) in [6.07, 6.45) is 3.31. The normalized spacial score (nSPS) is 14.8. The van der Waals surface area contributed by atoms with Crippen molar-refractivity contribution in [3.63, 3.8) is 0 Å². The molecule has 1 aromatic carbocycles. The quantitative estimate of drug-likeness (QED) is 0.584. The summed E-state index contributed by atoms with van der Waals surface area (Å²) in [7, 11) is 0. The molecule has 0 aromatic heterocycles. The minimum Gasteiger partial charge on any atom is -0.376 e. The lowest BCUT2D eigenvalue weighted by molar-refractivity contribution is 0.125. The van der Waals surface area contributed by atoms with Crippen molar-refractivity contribution >= 4 is 0 Å². The van der Waals surface area contributed by atoms with Gasteiger partial charge in [0.05, 0.1) is 13.2 Å². The van der Waals surface area contributed by atoms with Crippen LogP contribution < -0.4 is 5.32 Å². The smallest absolute Gasteiger partial charge is 0.0717 e. The molecule has 15 heavy (non-hydrogen) atoms. The molecule has 0 amide bonds. The average molecular weight is 203 g/mol. The Bertz CT molecular complexity index is 313. The molecule has 0 spiro atoms. The van der Waals surface area contributed by atoms with E-state index in [0.717, 1.165) is 32.7 Å². The number of ether oxygens (including phenoxy) is 1. The van der Waals surface area contributed by atoms with Crippen LogP contribution in [-0.4, -0.2) is 19.7 Å². The van der Waals surface area contributed by atoms with Crippen molar-refractivity contribution in [1.82, 2.24) is 5.32 Å². The van der Waals surface area contributed by atoms with E-state index in [1.165, 1.54) is 11.1 Å². The highest BCUT2D eigenvalue weighted by molar-refractivity contribution is 5.14. The van der Waals surface area contributed by atoms with E-state index >= 15 is 0 Å². The Balaban J connectivity index is 1.59. The van der Waals surface area contributed by atoms with Crippen LogP contribution in [0.5, 0.6) is 0 Å². The van der Waals surface area contributed by atoms with Crippen molar-refractivity contribution in [2.75, 3.05) is 19.7 Å². The third-order valence-corrected chi connectivity index (χ3v) is 2.51. The summed E-state index contributed by atoms with van der Waals surface area (Å²) < 4.78 is 5.57. The van der Waals surface area contributed by atoms with Gasteiger partial charge in [-0.05, 0) is 17.6 Å². The van der Waals surface area contributed by atoms with Crippen molar-refractivity contribution in [3.8, 4) is 0 Å². The molecule has 2 nitrogen and oxygen atoms in total. The van der Waals surface area contributed by atoms with Gasteiger partial charge in [-0.1, -0.05) is 36.4 Å². The molecule has 0 saturated carbocycles. The predicted octanol–water partition coefficient (Wildman–Crippen LogP) is 2.12. The molecule has 1 N–H and O–H groups in total. The van der Waals surface area contributed by atoms with Gasteiger partial charge in [0.2, 0.25) is 0 Å². The Morgan fingerprint density at radius 2 is 2.00 bits per heavy atom. The van der Waals surface area contributed by atoms with E-state index in [1.807, 2.05) is 18.2 Å². The van der Waals surface area contributed by atoms with Crippen LogP contribution in [0.1, 0.15) is 12.0 Å². The average Bonchev–Trinajstić information content (AvgIpc) is 2.22. The van der Waals surface area contributed by atoms with Gasteiger partial charge in [-0.15, -0.1) is 0 Å². The van der Waals surface area contributed by atoms with Gasteiger partial charge in [-0.2, -0.15) is 0 Å². The molecule has 0 radical (unpaired) electrons. The first-order valence-electron chi connectivity index (χ1n) is 5.45. The van der Waals surface area contributed by atoms with E-state index in [1.54, 1.807) is 0 Å². The van der Waals surface area contributed by atoms with E-state index in [4.69, 9.17) is 4.74 Å². The molecule has 0 atom stereocenters.